The summed E-state index contributed by atoms with van der Waals surface area (Å²) in [5.74, 6) is -0.231. The predicted octanol–water partition coefficient (Wildman–Crippen LogP) is 4.16. The average Bonchev–Trinajstić information content (AvgIpc) is 2.90. The van der Waals surface area contributed by atoms with E-state index >= 15 is 0 Å². The number of nitrogens with one attached hydrogen (secondary N) is 2. The van der Waals surface area contributed by atoms with Crippen LogP contribution >= 0.6 is 0 Å². The lowest BCUT2D eigenvalue weighted by Gasteiger charge is -2.23. The lowest BCUT2D eigenvalue weighted by Crippen LogP contribution is -2.35. The molecule has 34 heavy (non-hydrogen) atoms. The van der Waals surface area contributed by atoms with Gasteiger partial charge in [-0.25, -0.2) is 0 Å². The molecule has 0 unspecified atom stereocenters. The van der Waals surface area contributed by atoms with Gasteiger partial charge < -0.3 is 15.5 Å². The molecule has 3 aromatic rings. The van der Waals surface area contributed by atoms with Gasteiger partial charge in [0.2, 0.25) is 0 Å². The maximum atomic E-state index is 13.0. The lowest BCUT2D eigenvalue weighted by atomic mass is 10.1. The van der Waals surface area contributed by atoms with Crippen LogP contribution in [0.2, 0.25) is 0 Å². The molecule has 0 bridgehead atoms. The third-order valence-electron chi connectivity index (χ3n) is 5.41. The minimum absolute atomic E-state index is 0.0247. The summed E-state index contributed by atoms with van der Waals surface area (Å²) in [5.41, 5.74) is 1.91. The first kappa shape index (κ1) is 24.7. The van der Waals surface area contributed by atoms with Crippen LogP contribution in [0.1, 0.15) is 50.3 Å². The zero-order valence-electron chi connectivity index (χ0n) is 19.3. The Balaban J connectivity index is 1.45. The van der Waals surface area contributed by atoms with E-state index in [0.717, 1.165) is 12.8 Å². The second kappa shape index (κ2) is 13.6. The molecule has 0 aliphatic heterocycles. The molecule has 3 aromatic carbocycles. The predicted molar refractivity (Wildman–Crippen MR) is 134 cm³/mol. The molecule has 0 aliphatic carbocycles. The summed E-state index contributed by atoms with van der Waals surface area (Å²) in [6, 6.07) is 27.4. The number of hydrogen-bond donors (Lipinski definition) is 2. The van der Waals surface area contributed by atoms with Crippen LogP contribution in [0.15, 0.2) is 91.0 Å². The maximum Gasteiger partial charge on any atom is 0.253 e. The number of carbonyl (C=O) groups is 3. The number of amides is 3. The Morgan fingerprint density at radius 3 is 1.44 bits per heavy atom. The van der Waals surface area contributed by atoms with Crippen molar-refractivity contribution in [3.05, 3.63) is 108 Å². The first-order valence-electron chi connectivity index (χ1n) is 11.7. The van der Waals surface area contributed by atoms with Gasteiger partial charge in [0, 0.05) is 42.9 Å². The molecule has 2 N–H and O–H groups in total. The Kier molecular flexibility index (Phi) is 9.87. The standard InChI is InChI=1S/C28H31N3O3/c32-26(23-13-4-1-5-14-23)29-19-10-11-21-31(28(34)25-17-8-3-9-18-25)22-12-20-30-27(33)24-15-6-2-7-16-24/h1-9,13-18H,10-12,19-22H2,(H,29,32)(H,30,33). The smallest absolute Gasteiger partial charge is 0.253 e. The SMILES string of the molecule is O=C(NCCCCN(CCCNC(=O)c1ccccc1)C(=O)c1ccccc1)c1ccccc1. The number of nitrogens with zero attached hydrogens (tertiary/aromatic N) is 1. The van der Waals surface area contributed by atoms with Crippen molar-refractivity contribution in [1.29, 1.82) is 0 Å². The van der Waals surface area contributed by atoms with Gasteiger partial charge in [0.15, 0.2) is 0 Å². The lowest BCUT2D eigenvalue weighted by molar-refractivity contribution is 0.0749. The Bertz CT molecular complexity index is 1040. The minimum atomic E-state index is -0.115. The summed E-state index contributed by atoms with van der Waals surface area (Å²) >= 11 is 0. The fraction of sp³-hybridized carbons (Fsp3) is 0.250. The number of carbonyl (C=O) groups excluding carboxylic acids is 3. The Labute approximate surface area is 201 Å². The third kappa shape index (κ3) is 7.89. The number of rotatable bonds is 12. The average molecular weight is 458 g/mol. The summed E-state index contributed by atoms with van der Waals surface area (Å²) in [5, 5.41) is 5.84. The van der Waals surface area contributed by atoms with Gasteiger partial charge in [-0.1, -0.05) is 54.6 Å². The van der Waals surface area contributed by atoms with E-state index in [1.807, 2.05) is 71.6 Å². The van der Waals surface area contributed by atoms with Crippen molar-refractivity contribution < 1.29 is 14.4 Å². The molecule has 0 aromatic heterocycles. The van der Waals surface area contributed by atoms with Crippen LogP contribution in [0.4, 0.5) is 0 Å². The largest absolute Gasteiger partial charge is 0.352 e. The van der Waals surface area contributed by atoms with Gasteiger partial charge in [-0.05, 0) is 55.7 Å². The number of unbranched alkanes of at least 4 members (excludes halogenated alkanes) is 1. The van der Waals surface area contributed by atoms with Crippen molar-refractivity contribution in [2.24, 2.45) is 0 Å². The molecule has 0 radical (unpaired) electrons. The van der Waals surface area contributed by atoms with Crippen molar-refractivity contribution in [3.8, 4) is 0 Å². The van der Waals surface area contributed by atoms with E-state index < -0.39 is 0 Å². The molecule has 0 atom stereocenters. The van der Waals surface area contributed by atoms with E-state index in [2.05, 4.69) is 10.6 Å². The highest BCUT2D eigenvalue weighted by Gasteiger charge is 2.15. The molecule has 0 saturated heterocycles. The van der Waals surface area contributed by atoms with Gasteiger partial charge in [-0.15, -0.1) is 0 Å². The highest BCUT2D eigenvalue weighted by Crippen LogP contribution is 2.08. The molecular weight excluding hydrogens is 426 g/mol. The Morgan fingerprint density at radius 1 is 0.529 bits per heavy atom. The summed E-state index contributed by atoms with van der Waals surface area (Å²) in [6.07, 6.45) is 2.19. The number of benzene rings is 3. The zero-order chi connectivity index (χ0) is 24.0. The topological polar surface area (TPSA) is 78.5 Å². The van der Waals surface area contributed by atoms with Crippen molar-refractivity contribution in [1.82, 2.24) is 15.5 Å². The summed E-state index contributed by atoms with van der Waals surface area (Å²) < 4.78 is 0. The van der Waals surface area contributed by atoms with E-state index in [9.17, 15) is 14.4 Å². The molecule has 0 saturated carbocycles. The quantitative estimate of drug-likeness (QED) is 0.401. The maximum absolute atomic E-state index is 13.0. The first-order valence-corrected chi connectivity index (χ1v) is 11.7. The van der Waals surface area contributed by atoms with Crippen LogP contribution in [0.5, 0.6) is 0 Å². The van der Waals surface area contributed by atoms with Gasteiger partial charge in [-0.3, -0.25) is 14.4 Å². The monoisotopic (exact) mass is 457 g/mol. The van der Waals surface area contributed by atoms with Gasteiger partial charge in [0.05, 0.1) is 0 Å². The van der Waals surface area contributed by atoms with Crippen LogP contribution in [-0.2, 0) is 0 Å². The molecule has 0 aliphatic rings. The third-order valence-corrected chi connectivity index (χ3v) is 5.41. The highest BCUT2D eigenvalue weighted by molar-refractivity contribution is 5.95. The highest BCUT2D eigenvalue weighted by atomic mass is 16.2. The molecule has 3 amide bonds. The number of hydrogen-bond acceptors (Lipinski definition) is 3. The van der Waals surface area contributed by atoms with Crippen molar-refractivity contribution in [2.75, 3.05) is 26.2 Å². The molecule has 176 valence electrons. The van der Waals surface area contributed by atoms with E-state index in [1.54, 1.807) is 24.3 Å². The summed E-state index contributed by atoms with van der Waals surface area (Å²) in [7, 11) is 0. The molecule has 0 heterocycles. The Hall–Kier alpha value is -3.93. The summed E-state index contributed by atoms with van der Waals surface area (Å²) in [4.78, 5) is 39.2. The molecule has 3 rings (SSSR count). The van der Waals surface area contributed by atoms with Crippen molar-refractivity contribution >= 4 is 17.7 Å². The second-order valence-electron chi connectivity index (χ2n) is 7.96. The van der Waals surface area contributed by atoms with E-state index in [4.69, 9.17) is 0 Å². The second-order valence-corrected chi connectivity index (χ2v) is 7.96. The van der Waals surface area contributed by atoms with E-state index in [0.29, 0.717) is 49.3 Å². The van der Waals surface area contributed by atoms with Gasteiger partial charge >= 0.3 is 0 Å². The van der Waals surface area contributed by atoms with Crippen molar-refractivity contribution in [3.63, 3.8) is 0 Å². The van der Waals surface area contributed by atoms with Gasteiger partial charge in [0.1, 0.15) is 0 Å². The molecular formula is C28H31N3O3. The summed E-state index contributed by atoms with van der Waals surface area (Å²) in [6.45, 7) is 2.16. The molecule has 6 heteroatoms. The van der Waals surface area contributed by atoms with Gasteiger partial charge in [0.25, 0.3) is 17.7 Å². The van der Waals surface area contributed by atoms with Crippen LogP contribution in [0, 0.1) is 0 Å². The molecule has 6 nitrogen and oxygen atoms in total. The van der Waals surface area contributed by atoms with E-state index in [-0.39, 0.29) is 17.7 Å². The van der Waals surface area contributed by atoms with Crippen LogP contribution in [0.25, 0.3) is 0 Å². The van der Waals surface area contributed by atoms with Crippen LogP contribution in [-0.4, -0.2) is 48.8 Å². The normalized spacial score (nSPS) is 10.4. The fourth-order valence-corrected chi connectivity index (χ4v) is 3.56. The fourth-order valence-electron chi connectivity index (χ4n) is 3.56. The zero-order valence-corrected chi connectivity index (χ0v) is 19.3. The van der Waals surface area contributed by atoms with E-state index in [1.165, 1.54) is 0 Å². The van der Waals surface area contributed by atoms with Crippen LogP contribution < -0.4 is 10.6 Å². The first-order chi connectivity index (χ1) is 16.6. The van der Waals surface area contributed by atoms with Crippen LogP contribution in [0.3, 0.4) is 0 Å². The van der Waals surface area contributed by atoms with Gasteiger partial charge in [-0.2, -0.15) is 0 Å². The minimum Gasteiger partial charge on any atom is -0.352 e. The molecule has 0 fully saturated rings. The molecule has 0 spiro atoms. The Morgan fingerprint density at radius 2 is 0.941 bits per heavy atom. The van der Waals surface area contributed by atoms with Crippen molar-refractivity contribution in [2.45, 2.75) is 19.3 Å².